The number of H-pyrrole nitrogens is 2. The summed E-state index contributed by atoms with van der Waals surface area (Å²) in [6, 6.07) is 3.35. The van der Waals surface area contributed by atoms with Gasteiger partial charge in [-0.15, -0.1) is 0 Å². The summed E-state index contributed by atoms with van der Waals surface area (Å²) in [4.78, 5) is 43.5. The Labute approximate surface area is 252 Å². The van der Waals surface area contributed by atoms with Gasteiger partial charge in [-0.1, -0.05) is 29.7 Å². The molecule has 4 rings (SSSR count). The number of aromatic nitrogens is 3. The number of benzene rings is 2. The molecular weight excluding hydrogens is 566 g/mol. The minimum Gasteiger partial charge on any atom is -0.808 e. The predicted molar refractivity (Wildman–Crippen MR) is 110 cm³/mol. The Morgan fingerprint density at radius 3 is 2.19 bits per heavy atom. The van der Waals surface area contributed by atoms with Gasteiger partial charge < -0.3 is 29.1 Å². The molecule has 8 nitrogen and oxygen atoms in total. The van der Waals surface area contributed by atoms with Gasteiger partial charge in [-0.05, 0) is 25.3 Å². The van der Waals surface area contributed by atoms with E-state index in [1.807, 2.05) is 0 Å². The second-order valence-electron chi connectivity index (χ2n) is 6.77. The normalized spacial score (nSPS) is 11.4. The van der Waals surface area contributed by atoms with Gasteiger partial charge in [-0.3, -0.25) is 4.79 Å². The molecule has 0 spiro atoms. The summed E-state index contributed by atoms with van der Waals surface area (Å²) in [6.45, 7) is 0. The minimum atomic E-state index is -5.07. The standard InChI is InChI=1S/C20H11F5N3O5PS.2Na/c21-12-13(22)15(24)19(16(25)14(12)23)33-9-2-1-8(3-4-34(30,31)32)10(5-9)35-11-6-26-18-17(11)27-7-28-20(18)29;;/h1-7,26H,(H,27,28,29)(H2,30,31,32);;/q;2*+1/p-2/b4-3+;;. The van der Waals surface area contributed by atoms with E-state index >= 15 is 0 Å². The van der Waals surface area contributed by atoms with Gasteiger partial charge in [0.25, 0.3) is 5.56 Å². The van der Waals surface area contributed by atoms with E-state index in [1.54, 1.807) is 0 Å². The SMILES string of the molecule is O=c1[nH]cnc2c(Sc3cc(Oc4c(F)c(F)c(F)c(F)c4F)ccc3/C=C/P(=O)([O-])[O-])c[nH]c12.[Na+].[Na+]. The van der Waals surface area contributed by atoms with Gasteiger partial charge in [0.05, 0.1) is 11.2 Å². The average molecular weight is 575 g/mol. The van der Waals surface area contributed by atoms with Crippen LogP contribution in [-0.2, 0) is 4.57 Å². The van der Waals surface area contributed by atoms with Crippen LogP contribution in [0.1, 0.15) is 5.56 Å². The molecule has 2 heterocycles. The number of hydrogen-bond acceptors (Lipinski definition) is 7. The van der Waals surface area contributed by atoms with Crippen LogP contribution in [0.2, 0.25) is 0 Å². The number of nitrogens with one attached hydrogen (secondary N) is 2. The Hall–Kier alpha value is -1.45. The molecule has 0 saturated carbocycles. The molecule has 2 aromatic heterocycles. The van der Waals surface area contributed by atoms with Crippen molar-refractivity contribution in [3.63, 3.8) is 0 Å². The number of hydrogen-bond donors (Lipinski definition) is 2. The van der Waals surface area contributed by atoms with Crippen LogP contribution in [0, 0.1) is 29.1 Å². The number of halogens is 5. The van der Waals surface area contributed by atoms with Gasteiger partial charge in [0.2, 0.25) is 34.8 Å². The Morgan fingerprint density at radius 2 is 1.57 bits per heavy atom. The maximum absolute atomic E-state index is 14.0. The van der Waals surface area contributed by atoms with E-state index in [1.165, 1.54) is 12.3 Å². The molecule has 0 fully saturated rings. The summed E-state index contributed by atoms with van der Waals surface area (Å²) in [7, 11) is -5.07. The zero-order valence-corrected chi connectivity index (χ0v) is 24.5. The number of aromatic amines is 2. The van der Waals surface area contributed by atoms with Crippen LogP contribution in [0.25, 0.3) is 17.1 Å². The van der Waals surface area contributed by atoms with Crippen LogP contribution < -0.4 is 79.2 Å². The Morgan fingerprint density at radius 1 is 0.946 bits per heavy atom. The van der Waals surface area contributed by atoms with Crippen LogP contribution in [-0.4, -0.2) is 15.0 Å². The van der Waals surface area contributed by atoms with E-state index in [4.69, 9.17) is 4.74 Å². The Balaban J connectivity index is 0.00000241. The largest absolute Gasteiger partial charge is 1.00 e. The molecule has 0 amide bonds. The summed E-state index contributed by atoms with van der Waals surface area (Å²) < 4.78 is 84.4. The van der Waals surface area contributed by atoms with Crippen molar-refractivity contribution >= 4 is 36.5 Å². The molecule has 0 unspecified atom stereocenters. The van der Waals surface area contributed by atoms with Crippen molar-refractivity contribution in [3.8, 4) is 11.5 Å². The molecule has 17 heteroatoms. The summed E-state index contributed by atoms with van der Waals surface area (Å²) in [6.07, 6.45) is 3.48. The van der Waals surface area contributed by atoms with E-state index in [0.29, 0.717) is 10.7 Å². The first-order valence-corrected chi connectivity index (χ1v) is 11.7. The van der Waals surface area contributed by atoms with Crippen LogP contribution in [0.4, 0.5) is 22.0 Å². The summed E-state index contributed by atoms with van der Waals surface area (Å²) in [5.74, 6) is -12.7. The third kappa shape index (κ3) is 6.95. The van der Waals surface area contributed by atoms with Gasteiger partial charge in [0.15, 0.2) is 0 Å². The molecule has 0 aliphatic heterocycles. The molecule has 0 aliphatic carbocycles. The van der Waals surface area contributed by atoms with Gasteiger partial charge in [-0.2, -0.15) is 8.78 Å². The maximum atomic E-state index is 14.0. The zero-order valence-electron chi connectivity index (χ0n) is 18.8. The summed E-state index contributed by atoms with van der Waals surface area (Å²) in [5, 5.41) is 0. The van der Waals surface area contributed by atoms with Crippen molar-refractivity contribution < 1.29 is 100 Å². The maximum Gasteiger partial charge on any atom is 1.00 e. The average Bonchev–Trinajstić information content (AvgIpc) is 3.22. The van der Waals surface area contributed by atoms with E-state index in [0.717, 1.165) is 36.3 Å². The molecule has 2 N–H and O–H groups in total. The molecule has 37 heavy (non-hydrogen) atoms. The van der Waals surface area contributed by atoms with Crippen molar-refractivity contribution in [3.05, 3.63) is 81.5 Å². The van der Waals surface area contributed by atoms with Gasteiger partial charge >= 0.3 is 59.1 Å². The van der Waals surface area contributed by atoms with Crippen LogP contribution >= 0.6 is 19.4 Å². The van der Waals surface area contributed by atoms with Gasteiger partial charge in [0.1, 0.15) is 16.8 Å². The Kier molecular flexibility index (Phi) is 10.8. The molecule has 0 atom stereocenters. The monoisotopic (exact) mass is 575 g/mol. The third-order valence-electron chi connectivity index (χ3n) is 4.47. The second kappa shape index (κ2) is 12.6. The van der Waals surface area contributed by atoms with E-state index in [2.05, 4.69) is 15.0 Å². The van der Waals surface area contributed by atoms with E-state index < -0.39 is 48.0 Å². The molecule has 0 saturated heterocycles. The van der Waals surface area contributed by atoms with E-state index in [9.17, 15) is 41.1 Å². The fraction of sp³-hybridized carbons (Fsp3) is 0. The van der Waals surface area contributed by atoms with Crippen molar-refractivity contribution in [2.45, 2.75) is 9.79 Å². The first-order chi connectivity index (χ1) is 16.5. The minimum absolute atomic E-state index is 0. The second-order valence-corrected chi connectivity index (χ2v) is 9.23. The number of rotatable bonds is 6. The summed E-state index contributed by atoms with van der Waals surface area (Å²) in [5.41, 5.74) is -0.0301. The Bertz CT molecular complexity index is 1580. The molecule has 0 bridgehead atoms. The van der Waals surface area contributed by atoms with Crippen LogP contribution in [0.3, 0.4) is 0 Å². The molecule has 2 aromatic carbocycles. The predicted octanol–water partition coefficient (Wildman–Crippen LogP) is -2.22. The van der Waals surface area contributed by atoms with Crippen molar-refractivity contribution in [2.75, 3.05) is 0 Å². The molecule has 182 valence electrons. The number of fused-ring (bicyclic) bond motifs is 1. The first-order valence-electron chi connectivity index (χ1n) is 9.23. The van der Waals surface area contributed by atoms with E-state index in [-0.39, 0.29) is 86.4 Å². The quantitative estimate of drug-likeness (QED) is 0.0876. The van der Waals surface area contributed by atoms with Crippen molar-refractivity contribution in [1.29, 1.82) is 0 Å². The molecule has 0 aliphatic rings. The third-order valence-corrected chi connectivity index (χ3v) is 6.08. The first kappa shape index (κ1) is 31.8. The van der Waals surface area contributed by atoms with Gasteiger partial charge in [0, 0.05) is 11.1 Å². The van der Waals surface area contributed by atoms with Crippen molar-refractivity contribution in [2.24, 2.45) is 0 Å². The smallest absolute Gasteiger partial charge is 0.808 e. The van der Waals surface area contributed by atoms with Crippen LogP contribution in [0.5, 0.6) is 11.5 Å². The van der Waals surface area contributed by atoms with Gasteiger partial charge in [-0.25, -0.2) is 18.2 Å². The topological polar surface area (TPSA) is 134 Å². The number of ether oxygens (including phenoxy) is 1. The zero-order chi connectivity index (χ0) is 25.5. The molecule has 0 radical (unpaired) electrons. The molecular formula is C20H9F5N3Na2O5PS. The fourth-order valence-electron chi connectivity index (χ4n) is 2.89. The molecule has 4 aromatic rings. The number of nitrogens with zero attached hydrogens (tertiary/aromatic N) is 1. The summed E-state index contributed by atoms with van der Waals surface area (Å²) >= 11 is 0.884. The fourth-order valence-corrected chi connectivity index (χ4v) is 4.27. The van der Waals surface area contributed by atoms with Crippen molar-refractivity contribution in [1.82, 2.24) is 15.0 Å². The van der Waals surface area contributed by atoms with Crippen LogP contribution in [0.15, 0.2) is 51.1 Å².